The average Bonchev–Trinajstić information content (AvgIpc) is 3.08. The van der Waals surface area contributed by atoms with Crippen LogP contribution in [0.1, 0.15) is 63.9 Å². The molecule has 0 unspecified atom stereocenters. The van der Waals surface area contributed by atoms with Gasteiger partial charge in [-0.25, -0.2) is 9.13 Å². The first-order chi connectivity index (χ1) is 13.9. The predicted octanol–water partition coefficient (Wildman–Crippen LogP) is 6.81. The van der Waals surface area contributed by atoms with Crippen LogP contribution in [0.2, 0.25) is 0 Å². The van der Waals surface area contributed by atoms with Gasteiger partial charge in [-0.05, 0) is 29.9 Å². The number of para-hydroxylation sites is 2. The van der Waals surface area contributed by atoms with E-state index in [2.05, 4.69) is 88.7 Å². The van der Waals surface area contributed by atoms with Gasteiger partial charge in [0.1, 0.15) is 12.4 Å². The van der Waals surface area contributed by atoms with Crippen molar-refractivity contribution in [2.75, 3.05) is 5.75 Å². The van der Waals surface area contributed by atoms with Crippen molar-refractivity contribution in [3.63, 3.8) is 0 Å². The van der Waals surface area contributed by atoms with Gasteiger partial charge in [0, 0.05) is 0 Å². The second-order valence-electron chi connectivity index (χ2n) is 7.70. The molecule has 150 valence electrons. The summed E-state index contributed by atoms with van der Waals surface area (Å²) >= 11 is 2.06. The Morgan fingerprint density at radius 1 is 0.786 bits per heavy atom. The molecule has 0 fully saturated rings. The first-order valence-corrected chi connectivity index (χ1v) is 12.1. The number of nitrogens with zero attached hydrogens (tertiary/aromatic N) is 2. The topological polar surface area (TPSA) is 8.81 Å². The van der Waals surface area contributed by atoms with E-state index in [9.17, 15) is 0 Å². The molecule has 28 heavy (non-hydrogen) atoms. The van der Waals surface area contributed by atoms with Crippen LogP contribution in [0.25, 0.3) is 11.0 Å². The van der Waals surface area contributed by atoms with Gasteiger partial charge in [-0.15, -0.1) is 11.8 Å². The third kappa shape index (κ3) is 6.41. The van der Waals surface area contributed by atoms with Crippen LogP contribution in [0.5, 0.6) is 0 Å². The number of hydrogen-bond acceptors (Lipinski definition) is 1. The lowest BCUT2D eigenvalue weighted by Gasteiger charge is -2.02. The Labute approximate surface area is 175 Å². The number of benzene rings is 2. The molecule has 2 aromatic carbocycles. The number of unbranched alkanes of at least 4 members (excludes halogenated alkanes) is 7. The van der Waals surface area contributed by atoms with Crippen LogP contribution in [0.15, 0.2) is 60.9 Å². The Balaban J connectivity index is 1.46. The minimum absolute atomic E-state index is 0.928. The Bertz CT molecular complexity index is 810. The summed E-state index contributed by atoms with van der Waals surface area (Å²) in [6.45, 7) is 3.21. The zero-order chi connectivity index (χ0) is 19.4. The molecule has 3 rings (SSSR count). The van der Waals surface area contributed by atoms with Gasteiger partial charge in [-0.2, -0.15) is 0 Å². The molecule has 0 bridgehead atoms. The summed E-state index contributed by atoms with van der Waals surface area (Å²) in [5.41, 5.74) is 4.00. The molecule has 0 saturated carbocycles. The van der Waals surface area contributed by atoms with Crippen LogP contribution in [0.4, 0.5) is 0 Å². The molecule has 3 heteroatoms. The van der Waals surface area contributed by atoms with Crippen molar-refractivity contribution < 1.29 is 4.57 Å². The van der Waals surface area contributed by atoms with Gasteiger partial charge in [-0.1, -0.05) is 94.3 Å². The highest BCUT2D eigenvalue weighted by molar-refractivity contribution is 7.98. The molecule has 3 aromatic rings. The lowest BCUT2D eigenvalue weighted by molar-refractivity contribution is -0.663. The van der Waals surface area contributed by atoms with Crippen molar-refractivity contribution in [2.45, 2.75) is 70.7 Å². The Morgan fingerprint density at radius 3 is 2.25 bits per heavy atom. The largest absolute Gasteiger partial charge is 0.245 e. The van der Waals surface area contributed by atoms with Crippen molar-refractivity contribution in [1.82, 2.24) is 4.57 Å². The van der Waals surface area contributed by atoms with E-state index >= 15 is 0 Å². The summed E-state index contributed by atoms with van der Waals surface area (Å²) in [6.07, 6.45) is 13.5. The van der Waals surface area contributed by atoms with Crippen molar-refractivity contribution in [2.24, 2.45) is 0 Å². The second-order valence-corrected chi connectivity index (χ2v) is 8.77. The van der Waals surface area contributed by atoms with Gasteiger partial charge >= 0.3 is 0 Å². The Morgan fingerprint density at radius 2 is 1.46 bits per heavy atom. The van der Waals surface area contributed by atoms with E-state index in [4.69, 9.17) is 0 Å². The molecule has 1 aromatic heterocycles. The molecule has 0 atom stereocenters. The number of imidazole rings is 1. The number of aromatic nitrogens is 2. The predicted molar refractivity (Wildman–Crippen MR) is 123 cm³/mol. The van der Waals surface area contributed by atoms with Crippen molar-refractivity contribution in [3.05, 3.63) is 66.5 Å². The van der Waals surface area contributed by atoms with Crippen molar-refractivity contribution >= 4 is 22.8 Å². The summed E-state index contributed by atoms with van der Waals surface area (Å²) in [7, 11) is 0. The summed E-state index contributed by atoms with van der Waals surface area (Å²) in [5, 5.41) is 0. The number of thioether (sulfide) groups is 1. The third-order valence-electron chi connectivity index (χ3n) is 5.35. The monoisotopic (exact) mass is 395 g/mol. The normalized spacial score (nSPS) is 11.3. The van der Waals surface area contributed by atoms with E-state index < -0.39 is 0 Å². The van der Waals surface area contributed by atoms with E-state index in [1.807, 2.05) is 0 Å². The number of fused-ring (bicyclic) bond motifs is 1. The Hall–Kier alpha value is -1.74. The van der Waals surface area contributed by atoms with E-state index in [0.29, 0.717) is 0 Å². The van der Waals surface area contributed by atoms with Crippen LogP contribution in [0, 0.1) is 0 Å². The average molecular weight is 396 g/mol. The quantitative estimate of drug-likeness (QED) is 0.228. The number of rotatable bonds is 13. The molecule has 0 saturated heterocycles. The molecule has 0 aliphatic rings. The maximum Gasteiger partial charge on any atom is 0.245 e. The first-order valence-electron chi connectivity index (χ1n) is 11.0. The van der Waals surface area contributed by atoms with Gasteiger partial charge in [0.2, 0.25) is 6.33 Å². The smallest absolute Gasteiger partial charge is 0.226 e. The molecule has 0 amide bonds. The van der Waals surface area contributed by atoms with Crippen LogP contribution in [-0.4, -0.2) is 10.3 Å². The van der Waals surface area contributed by atoms with E-state index in [1.54, 1.807) is 0 Å². The minimum atomic E-state index is 0.928. The van der Waals surface area contributed by atoms with Crippen molar-refractivity contribution in [1.29, 1.82) is 0 Å². The number of hydrogen-bond donors (Lipinski definition) is 0. The van der Waals surface area contributed by atoms with Gasteiger partial charge in [0.25, 0.3) is 0 Å². The third-order valence-corrected chi connectivity index (χ3v) is 6.39. The van der Waals surface area contributed by atoms with Crippen LogP contribution in [0.3, 0.4) is 0 Å². The zero-order valence-corrected chi connectivity index (χ0v) is 18.2. The zero-order valence-electron chi connectivity index (χ0n) is 17.4. The molecular formula is C25H35N2S+. The lowest BCUT2D eigenvalue weighted by Crippen LogP contribution is -2.32. The van der Waals surface area contributed by atoms with Gasteiger partial charge in [0.05, 0.1) is 0 Å². The highest BCUT2D eigenvalue weighted by atomic mass is 32.2. The molecule has 2 nitrogen and oxygen atoms in total. The fourth-order valence-electron chi connectivity index (χ4n) is 3.75. The van der Waals surface area contributed by atoms with E-state index in [1.165, 1.54) is 73.7 Å². The van der Waals surface area contributed by atoms with Crippen LogP contribution >= 0.6 is 11.8 Å². The Kier molecular flexibility index (Phi) is 8.96. The van der Waals surface area contributed by atoms with Crippen LogP contribution in [-0.2, 0) is 12.4 Å². The van der Waals surface area contributed by atoms with Gasteiger partial charge in [-0.3, -0.25) is 0 Å². The minimum Gasteiger partial charge on any atom is -0.226 e. The highest BCUT2D eigenvalue weighted by Gasteiger charge is 2.15. The first kappa shape index (κ1) is 21.0. The maximum atomic E-state index is 2.41. The molecule has 0 aliphatic carbocycles. The summed E-state index contributed by atoms with van der Waals surface area (Å²) in [4.78, 5) is 0. The summed E-state index contributed by atoms with van der Waals surface area (Å²) in [6, 6.07) is 19.5. The molecule has 0 spiro atoms. The highest BCUT2D eigenvalue weighted by Crippen LogP contribution is 2.17. The fraction of sp³-hybridized carbons (Fsp3) is 0.480. The summed E-state index contributed by atoms with van der Waals surface area (Å²) in [5.74, 6) is 2.30. The van der Waals surface area contributed by atoms with Crippen LogP contribution < -0.4 is 4.57 Å². The molecule has 0 radical (unpaired) electrons. The van der Waals surface area contributed by atoms with E-state index in [0.717, 1.165) is 12.4 Å². The molecular weight excluding hydrogens is 360 g/mol. The van der Waals surface area contributed by atoms with E-state index in [-0.39, 0.29) is 0 Å². The van der Waals surface area contributed by atoms with Gasteiger partial charge in [0.15, 0.2) is 11.0 Å². The van der Waals surface area contributed by atoms with Crippen molar-refractivity contribution in [3.8, 4) is 0 Å². The lowest BCUT2D eigenvalue weighted by atomic mass is 10.1. The maximum absolute atomic E-state index is 2.41. The summed E-state index contributed by atoms with van der Waals surface area (Å²) < 4.78 is 4.79. The molecule has 0 N–H and O–H groups in total. The van der Waals surface area contributed by atoms with Gasteiger partial charge < -0.3 is 0 Å². The second kappa shape index (κ2) is 12.0. The molecule has 0 aliphatic heterocycles. The standard InChI is InChI=1S/C25H35N2S/c1-2-3-4-5-6-7-8-14-19-28-22-27-21-26(20-23-15-10-9-11-16-23)24-17-12-13-18-25(24)27/h9-13,15-18,21H,2-8,14,19-20,22H2,1H3/q+1. The molecule has 1 heterocycles. The fourth-order valence-corrected chi connectivity index (χ4v) is 4.69. The SMILES string of the molecule is CCCCCCCCCCSCn1c[n+](Cc2ccccc2)c2ccccc21.